The van der Waals surface area contributed by atoms with Crippen LogP contribution in [0.3, 0.4) is 0 Å². The molecule has 0 spiro atoms. The van der Waals surface area contributed by atoms with Crippen LogP contribution >= 0.6 is 24.0 Å². The summed E-state index contributed by atoms with van der Waals surface area (Å²) in [5.74, 6) is 1.70. The zero-order valence-corrected chi connectivity index (χ0v) is 17.4. The van der Waals surface area contributed by atoms with Gasteiger partial charge in [-0.1, -0.05) is 23.7 Å². The van der Waals surface area contributed by atoms with Gasteiger partial charge in [0.1, 0.15) is 6.61 Å². The SMILES string of the molecule is COc1cc(C(=O)NCCC2CCNC2)ccc1OCc1ccc(Cl)cc1.Cl. The second-order valence-electron chi connectivity index (χ2n) is 6.68. The lowest BCUT2D eigenvalue weighted by Gasteiger charge is -2.13. The fraction of sp³-hybridized carbons (Fsp3) is 0.381. The van der Waals surface area contributed by atoms with Crippen LogP contribution in [0.5, 0.6) is 11.5 Å². The van der Waals surface area contributed by atoms with Crippen LogP contribution in [0.1, 0.15) is 28.8 Å². The Hall–Kier alpha value is -1.95. The molecule has 2 aromatic carbocycles. The Morgan fingerprint density at radius 3 is 2.68 bits per heavy atom. The van der Waals surface area contributed by atoms with Crippen LogP contribution in [0.15, 0.2) is 42.5 Å². The molecule has 0 aliphatic carbocycles. The molecular formula is C21H26Cl2N2O3. The van der Waals surface area contributed by atoms with Gasteiger partial charge < -0.3 is 20.1 Å². The molecule has 1 atom stereocenters. The first-order chi connectivity index (χ1) is 13.2. The highest BCUT2D eigenvalue weighted by Gasteiger charge is 2.15. The van der Waals surface area contributed by atoms with E-state index >= 15 is 0 Å². The van der Waals surface area contributed by atoms with E-state index in [-0.39, 0.29) is 18.3 Å². The molecule has 1 amide bonds. The molecule has 1 aliphatic heterocycles. The van der Waals surface area contributed by atoms with Crippen molar-refractivity contribution in [3.8, 4) is 11.5 Å². The van der Waals surface area contributed by atoms with E-state index in [0.717, 1.165) is 25.1 Å². The fourth-order valence-electron chi connectivity index (χ4n) is 3.12. The first-order valence-electron chi connectivity index (χ1n) is 9.20. The summed E-state index contributed by atoms with van der Waals surface area (Å²) in [5.41, 5.74) is 1.57. The van der Waals surface area contributed by atoms with Crippen LogP contribution in [0.4, 0.5) is 0 Å². The number of ether oxygens (including phenoxy) is 2. The summed E-state index contributed by atoms with van der Waals surface area (Å²) >= 11 is 5.89. The maximum absolute atomic E-state index is 12.4. The van der Waals surface area contributed by atoms with Gasteiger partial charge in [-0.3, -0.25) is 4.79 Å². The Kier molecular flexibility index (Phi) is 8.90. The van der Waals surface area contributed by atoms with Gasteiger partial charge in [0.05, 0.1) is 7.11 Å². The predicted octanol–water partition coefficient (Wildman–Crippen LogP) is 4.08. The van der Waals surface area contributed by atoms with Gasteiger partial charge in [0, 0.05) is 17.1 Å². The van der Waals surface area contributed by atoms with Crippen LogP contribution in [-0.2, 0) is 6.61 Å². The molecule has 1 aliphatic rings. The number of amides is 1. The highest BCUT2D eigenvalue weighted by molar-refractivity contribution is 6.30. The number of halogens is 2. The number of methoxy groups -OCH3 is 1. The Morgan fingerprint density at radius 2 is 2.00 bits per heavy atom. The van der Waals surface area contributed by atoms with Crippen molar-refractivity contribution >= 4 is 29.9 Å². The van der Waals surface area contributed by atoms with Crippen molar-refractivity contribution in [2.45, 2.75) is 19.4 Å². The number of carbonyl (C=O) groups is 1. The quantitative estimate of drug-likeness (QED) is 0.669. The van der Waals surface area contributed by atoms with Crippen molar-refractivity contribution < 1.29 is 14.3 Å². The topological polar surface area (TPSA) is 59.6 Å². The lowest BCUT2D eigenvalue weighted by Crippen LogP contribution is -2.26. The Balaban J connectivity index is 0.00000280. The van der Waals surface area contributed by atoms with Crippen molar-refractivity contribution in [3.05, 3.63) is 58.6 Å². The molecule has 0 bridgehead atoms. The third-order valence-electron chi connectivity index (χ3n) is 4.73. The van der Waals surface area contributed by atoms with E-state index in [2.05, 4.69) is 10.6 Å². The smallest absolute Gasteiger partial charge is 0.251 e. The molecule has 1 fully saturated rings. The van der Waals surface area contributed by atoms with E-state index in [1.54, 1.807) is 25.3 Å². The third kappa shape index (κ3) is 6.30. The molecule has 1 heterocycles. The molecule has 0 aromatic heterocycles. The van der Waals surface area contributed by atoms with E-state index in [0.29, 0.717) is 41.2 Å². The average Bonchev–Trinajstić information content (AvgIpc) is 3.21. The van der Waals surface area contributed by atoms with Gasteiger partial charge >= 0.3 is 0 Å². The van der Waals surface area contributed by atoms with E-state index in [9.17, 15) is 4.79 Å². The van der Waals surface area contributed by atoms with Crippen LogP contribution in [0.25, 0.3) is 0 Å². The van der Waals surface area contributed by atoms with E-state index in [1.807, 2.05) is 24.3 Å². The Labute approximate surface area is 177 Å². The lowest BCUT2D eigenvalue weighted by atomic mass is 10.1. The summed E-state index contributed by atoms with van der Waals surface area (Å²) in [5, 5.41) is 7.02. The van der Waals surface area contributed by atoms with E-state index < -0.39 is 0 Å². The first-order valence-corrected chi connectivity index (χ1v) is 9.57. The summed E-state index contributed by atoms with van der Waals surface area (Å²) in [4.78, 5) is 12.4. The highest BCUT2D eigenvalue weighted by atomic mass is 35.5. The molecule has 0 radical (unpaired) electrons. The Bertz CT molecular complexity index is 763. The van der Waals surface area contributed by atoms with Gasteiger partial charge in [0.15, 0.2) is 11.5 Å². The second kappa shape index (κ2) is 11.1. The molecular weight excluding hydrogens is 399 g/mol. The van der Waals surface area contributed by atoms with E-state index in [4.69, 9.17) is 21.1 Å². The highest BCUT2D eigenvalue weighted by Crippen LogP contribution is 2.29. The molecule has 0 saturated carbocycles. The summed E-state index contributed by atoms with van der Waals surface area (Å²) in [7, 11) is 1.57. The standard InChI is InChI=1S/C21H25ClN2O3.ClH/c1-26-20-12-17(21(25)24-11-9-15-8-10-23-13-15)4-7-19(20)27-14-16-2-5-18(22)6-3-16;/h2-7,12,15,23H,8-11,13-14H2,1H3,(H,24,25);1H. The maximum Gasteiger partial charge on any atom is 0.251 e. The average molecular weight is 425 g/mol. The molecule has 7 heteroatoms. The largest absolute Gasteiger partial charge is 0.493 e. The molecule has 1 unspecified atom stereocenters. The van der Waals surface area contributed by atoms with Gasteiger partial charge in [0.25, 0.3) is 5.91 Å². The number of nitrogens with one attached hydrogen (secondary N) is 2. The van der Waals surface area contributed by atoms with Gasteiger partial charge in [-0.25, -0.2) is 0 Å². The van der Waals surface area contributed by atoms with E-state index in [1.165, 1.54) is 6.42 Å². The minimum Gasteiger partial charge on any atom is -0.493 e. The number of hydrogen-bond acceptors (Lipinski definition) is 4. The van der Waals surface area contributed by atoms with Gasteiger partial charge in [-0.15, -0.1) is 12.4 Å². The van der Waals surface area contributed by atoms with Gasteiger partial charge in [0.2, 0.25) is 0 Å². The van der Waals surface area contributed by atoms with Gasteiger partial charge in [-0.05, 0) is 67.7 Å². The van der Waals surface area contributed by atoms with Gasteiger partial charge in [-0.2, -0.15) is 0 Å². The van der Waals surface area contributed by atoms with Crippen molar-refractivity contribution in [3.63, 3.8) is 0 Å². The number of benzene rings is 2. The summed E-state index contributed by atoms with van der Waals surface area (Å²) in [6.45, 7) is 3.20. The van der Waals surface area contributed by atoms with Crippen LogP contribution < -0.4 is 20.1 Å². The summed E-state index contributed by atoms with van der Waals surface area (Å²) < 4.78 is 11.2. The zero-order chi connectivity index (χ0) is 19.1. The number of rotatable bonds is 8. The molecule has 1 saturated heterocycles. The fourth-order valence-corrected chi connectivity index (χ4v) is 3.25. The first kappa shape index (κ1) is 22.3. The zero-order valence-electron chi connectivity index (χ0n) is 15.9. The minimum atomic E-state index is -0.0940. The molecule has 2 aromatic rings. The van der Waals surface area contributed by atoms with Crippen molar-refractivity contribution in [1.82, 2.24) is 10.6 Å². The molecule has 5 nitrogen and oxygen atoms in total. The number of carbonyl (C=O) groups excluding carboxylic acids is 1. The van der Waals surface area contributed by atoms with Crippen LogP contribution in [0.2, 0.25) is 5.02 Å². The Morgan fingerprint density at radius 1 is 1.21 bits per heavy atom. The van der Waals surface area contributed by atoms with Crippen molar-refractivity contribution in [2.24, 2.45) is 5.92 Å². The van der Waals surface area contributed by atoms with Crippen molar-refractivity contribution in [2.75, 3.05) is 26.7 Å². The van der Waals surface area contributed by atoms with Crippen LogP contribution in [0, 0.1) is 5.92 Å². The normalized spacial score (nSPS) is 15.6. The maximum atomic E-state index is 12.4. The molecule has 2 N–H and O–H groups in total. The monoisotopic (exact) mass is 424 g/mol. The lowest BCUT2D eigenvalue weighted by molar-refractivity contribution is 0.0951. The molecule has 152 valence electrons. The second-order valence-corrected chi connectivity index (χ2v) is 7.12. The van der Waals surface area contributed by atoms with Crippen molar-refractivity contribution in [1.29, 1.82) is 0 Å². The molecule has 3 rings (SSSR count). The number of hydrogen-bond donors (Lipinski definition) is 2. The third-order valence-corrected chi connectivity index (χ3v) is 4.99. The molecule has 28 heavy (non-hydrogen) atoms. The predicted molar refractivity (Wildman–Crippen MR) is 114 cm³/mol. The summed E-state index contributed by atoms with van der Waals surface area (Å²) in [6.07, 6.45) is 2.18. The summed E-state index contributed by atoms with van der Waals surface area (Å²) in [6, 6.07) is 12.7. The van der Waals surface area contributed by atoms with Crippen LogP contribution in [-0.4, -0.2) is 32.7 Å². The minimum absolute atomic E-state index is 0.